The van der Waals surface area contributed by atoms with Crippen LogP contribution in [0.3, 0.4) is 0 Å². The number of anilines is 1. The summed E-state index contributed by atoms with van der Waals surface area (Å²) in [6.45, 7) is 2.13. The number of aromatic amines is 1. The summed E-state index contributed by atoms with van der Waals surface area (Å²) >= 11 is 0. The highest BCUT2D eigenvalue weighted by molar-refractivity contribution is 5.29. The first-order valence-electron chi connectivity index (χ1n) is 6.06. The number of piperazine rings is 1. The maximum atomic E-state index is 11.9. The first-order chi connectivity index (χ1) is 9.04. The maximum absolute atomic E-state index is 11.9. The van der Waals surface area contributed by atoms with Crippen molar-refractivity contribution in [1.82, 2.24) is 20.5 Å². The molecule has 6 nitrogen and oxygen atoms in total. The zero-order chi connectivity index (χ0) is 13.7. The topological polar surface area (TPSA) is 66.1 Å². The van der Waals surface area contributed by atoms with Crippen molar-refractivity contribution < 1.29 is 17.9 Å². The number of nitrogens with zero attached hydrogens (tertiary/aromatic N) is 3. The molecule has 0 amide bonds. The summed E-state index contributed by atoms with van der Waals surface area (Å²) in [5.41, 5.74) is 0. The van der Waals surface area contributed by atoms with Gasteiger partial charge in [0.1, 0.15) is 12.4 Å². The van der Waals surface area contributed by atoms with E-state index in [9.17, 15) is 13.2 Å². The molecule has 0 aromatic carbocycles. The lowest BCUT2D eigenvalue weighted by atomic mass is 10.4. The molecule has 1 fully saturated rings. The summed E-state index contributed by atoms with van der Waals surface area (Å²) in [4.78, 5) is 6.26. The Morgan fingerprint density at radius 3 is 2.68 bits per heavy atom. The van der Waals surface area contributed by atoms with Crippen LogP contribution >= 0.6 is 0 Å². The van der Waals surface area contributed by atoms with Crippen molar-refractivity contribution in [2.24, 2.45) is 0 Å². The van der Waals surface area contributed by atoms with E-state index in [1.807, 2.05) is 4.90 Å². The number of rotatable bonds is 5. The van der Waals surface area contributed by atoms with Crippen LogP contribution in [0.25, 0.3) is 0 Å². The zero-order valence-corrected chi connectivity index (χ0v) is 10.3. The highest BCUT2D eigenvalue weighted by Gasteiger charge is 2.27. The predicted octanol–water partition coefficient (Wildman–Crippen LogP) is 0.336. The molecule has 1 aromatic rings. The summed E-state index contributed by atoms with van der Waals surface area (Å²) in [5.74, 6) is 1.13. The average Bonchev–Trinajstić information content (AvgIpc) is 2.83. The summed E-state index contributed by atoms with van der Waals surface area (Å²) in [7, 11) is 0. The molecule has 0 saturated carbocycles. The third-order valence-electron chi connectivity index (χ3n) is 2.67. The van der Waals surface area contributed by atoms with Crippen LogP contribution in [0.4, 0.5) is 19.1 Å². The lowest BCUT2D eigenvalue weighted by molar-refractivity contribution is -0.173. The number of ether oxygens (including phenoxy) is 1. The van der Waals surface area contributed by atoms with Crippen LogP contribution < -0.4 is 10.2 Å². The van der Waals surface area contributed by atoms with Crippen LogP contribution in [-0.4, -0.2) is 60.8 Å². The van der Waals surface area contributed by atoms with Gasteiger partial charge in [0.15, 0.2) is 0 Å². The molecule has 0 unspecified atom stereocenters. The van der Waals surface area contributed by atoms with E-state index < -0.39 is 12.8 Å². The van der Waals surface area contributed by atoms with Crippen LogP contribution in [0, 0.1) is 0 Å². The fourth-order valence-corrected chi connectivity index (χ4v) is 1.76. The monoisotopic (exact) mass is 279 g/mol. The van der Waals surface area contributed by atoms with Crippen molar-refractivity contribution >= 4 is 5.95 Å². The molecule has 1 saturated heterocycles. The summed E-state index contributed by atoms with van der Waals surface area (Å²) in [5, 5.41) is 9.98. The number of nitrogens with one attached hydrogen (secondary N) is 2. The average molecular weight is 279 g/mol. The quantitative estimate of drug-likeness (QED) is 0.761. The molecule has 2 rings (SSSR count). The van der Waals surface area contributed by atoms with Crippen LogP contribution in [0.2, 0.25) is 0 Å². The predicted molar refractivity (Wildman–Crippen MR) is 62.0 cm³/mol. The Hall–Kier alpha value is -1.35. The van der Waals surface area contributed by atoms with E-state index in [4.69, 9.17) is 0 Å². The smallest absolute Gasteiger partial charge is 0.372 e. The van der Waals surface area contributed by atoms with Crippen molar-refractivity contribution in [1.29, 1.82) is 0 Å². The Morgan fingerprint density at radius 1 is 1.26 bits per heavy atom. The standard InChI is InChI=1S/C10H16F3N5O/c11-10(12,13)7-19-6-1-8-15-9(17-16-8)18-4-2-14-3-5-18/h14H,1-7H2,(H,15,16,17). The molecule has 0 atom stereocenters. The van der Waals surface area contributed by atoms with Crippen LogP contribution in [0.1, 0.15) is 5.82 Å². The number of hydrogen-bond donors (Lipinski definition) is 2. The minimum atomic E-state index is -4.28. The molecular formula is C10H16F3N5O. The molecule has 0 bridgehead atoms. The third-order valence-corrected chi connectivity index (χ3v) is 2.67. The molecule has 2 N–H and O–H groups in total. The molecule has 0 radical (unpaired) electrons. The van der Waals surface area contributed by atoms with Gasteiger partial charge in [-0.15, -0.1) is 5.10 Å². The van der Waals surface area contributed by atoms with E-state index in [-0.39, 0.29) is 13.0 Å². The highest BCUT2D eigenvalue weighted by Crippen LogP contribution is 2.14. The lowest BCUT2D eigenvalue weighted by Crippen LogP contribution is -2.44. The summed E-state index contributed by atoms with van der Waals surface area (Å²) < 4.78 is 40.1. The Balaban J connectivity index is 1.74. The van der Waals surface area contributed by atoms with E-state index >= 15 is 0 Å². The number of aromatic nitrogens is 3. The van der Waals surface area contributed by atoms with Gasteiger partial charge in [0.2, 0.25) is 5.95 Å². The normalized spacial score (nSPS) is 16.9. The van der Waals surface area contributed by atoms with Gasteiger partial charge in [-0.2, -0.15) is 18.2 Å². The fourth-order valence-electron chi connectivity index (χ4n) is 1.76. The van der Waals surface area contributed by atoms with Gasteiger partial charge in [-0.1, -0.05) is 0 Å². The minimum absolute atomic E-state index is 0.0320. The first-order valence-corrected chi connectivity index (χ1v) is 6.06. The molecule has 108 valence electrons. The van der Waals surface area contributed by atoms with Crippen molar-refractivity contribution in [3.8, 4) is 0 Å². The first kappa shape index (κ1) is 14.1. The molecule has 0 spiro atoms. The van der Waals surface area contributed by atoms with E-state index in [0.717, 1.165) is 26.2 Å². The van der Waals surface area contributed by atoms with Crippen molar-refractivity contribution in [2.75, 3.05) is 44.3 Å². The van der Waals surface area contributed by atoms with Gasteiger partial charge in [0.25, 0.3) is 0 Å². The molecular weight excluding hydrogens is 263 g/mol. The second-order valence-electron chi connectivity index (χ2n) is 4.24. The van der Waals surface area contributed by atoms with Crippen LogP contribution in [-0.2, 0) is 11.2 Å². The number of hydrogen-bond acceptors (Lipinski definition) is 5. The minimum Gasteiger partial charge on any atom is -0.372 e. The van der Waals surface area contributed by atoms with E-state index in [2.05, 4.69) is 25.2 Å². The fraction of sp³-hybridized carbons (Fsp3) is 0.800. The summed E-state index contributed by atoms with van der Waals surface area (Å²) in [6, 6.07) is 0. The second kappa shape index (κ2) is 6.20. The van der Waals surface area contributed by atoms with E-state index in [1.165, 1.54) is 0 Å². The Bertz CT molecular complexity index is 389. The zero-order valence-electron chi connectivity index (χ0n) is 10.3. The van der Waals surface area contributed by atoms with E-state index in [0.29, 0.717) is 11.8 Å². The van der Waals surface area contributed by atoms with Gasteiger partial charge in [0.05, 0.1) is 6.61 Å². The van der Waals surface area contributed by atoms with Gasteiger partial charge >= 0.3 is 6.18 Å². The molecule has 19 heavy (non-hydrogen) atoms. The number of H-pyrrole nitrogens is 1. The van der Waals surface area contributed by atoms with E-state index in [1.54, 1.807) is 0 Å². The third kappa shape index (κ3) is 4.67. The Labute approximate surface area is 108 Å². The van der Waals surface area contributed by atoms with Crippen molar-refractivity contribution in [3.05, 3.63) is 5.82 Å². The van der Waals surface area contributed by atoms with Crippen LogP contribution in [0.15, 0.2) is 0 Å². The molecule has 9 heteroatoms. The van der Waals surface area contributed by atoms with Crippen molar-refractivity contribution in [2.45, 2.75) is 12.6 Å². The van der Waals surface area contributed by atoms with Crippen molar-refractivity contribution in [3.63, 3.8) is 0 Å². The Kier molecular flexibility index (Phi) is 4.59. The lowest BCUT2D eigenvalue weighted by Gasteiger charge is -2.25. The SMILES string of the molecule is FC(F)(F)COCCc1nc(N2CCNCC2)n[nH]1. The number of alkyl halides is 3. The van der Waals surface area contributed by atoms with Crippen LogP contribution in [0.5, 0.6) is 0 Å². The molecule has 1 aliphatic heterocycles. The Morgan fingerprint density at radius 2 is 2.00 bits per heavy atom. The largest absolute Gasteiger partial charge is 0.411 e. The highest BCUT2D eigenvalue weighted by atomic mass is 19.4. The molecule has 1 aromatic heterocycles. The number of halogens is 3. The molecule has 0 aliphatic carbocycles. The van der Waals surface area contributed by atoms with Gasteiger partial charge in [-0.3, -0.25) is 5.10 Å². The van der Waals surface area contributed by atoms with Gasteiger partial charge in [0, 0.05) is 32.6 Å². The van der Waals surface area contributed by atoms with Gasteiger partial charge in [-0.05, 0) is 0 Å². The summed E-state index contributed by atoms with van der Waals surface area (Å²) in [6.07, 6.45) is -4.00. The molecule has 2 heterocycles. The van der Waals surface area contributed by atoms with Gasteiger partial charge in [-0.25, -0.2) is 0 Å². The van der Waals surface area contributed by atoms with Gasteiger partial charge < -0.3 is 15.0 Å². The molecule has 1 aliphatic rings. The second-order valence-corrected chi connectivity index (χ2v) is 4.24. The maximum Gasteiger partial charge on any atom is 0.411 e.